The highest BCUT2D eigenvalue weighted by Crippen LogP contribution is 2.14. The molecule has 0 bridgehead atoms. The lowest BCUT2D eigenvalue weighted by atomic mass is 9.99. The summed E-state index contributed by atoms with van der Waals surface area (Å²) in [6.45, 7) is 6.56. The van der Waals surface area contributed by atoms with Crippen molar-refractivity contribution in [3.05, 3.63) is 35.9 Å². The first-order valence-corrected chi connectivity index (χ1v) is 9.11. The number of carbonyl (C=O) groups is 1. The monoisotopic (exact) mass is 331 g/mol. The molecule has 1 aromatic rings. The average Bonchev–Trinajstić information content (AvgIpc) is 2.58. The van der Waals surface area contributed by atoms with Crippen LogP contribution in [0.5, 0.6) is 0 Å². The third-order valence-corrected chi connectivity index (χ3v) is 4.99. The zero-order valence-corrected chi connectivity index (χ0v) is 14.5. The summed E-state index contributed by atoms with van der Waals surface area (Å²) in [4.78, 5) is 14.7. The standard InChI is InChI=1S/C19H29N3O2/c1-15-18(8-5-9-20-15)21-19(23)12-17-14-22(10-11-24-17)13-16-6-3-2-4-7-16/h2-4,6-7,15,17-18,20H,5,8-14H2,1H3,(H,21,23). The molecule has 3 atom stereocenters. The third kappa shape index (κ3) is 5.03. The van der Waals surface area contributed by atoms with Gasteiger partial charge < -0.3 is 15.4 Å². The number of benzene rings is 1. The summed E-state index contributed by atoms with van der Waals surface area (Å²) in [6.07, 6.45) is 2.63. The Bertz CT molecular complexity index is 523. The van der Waals surface area contributed by atoms with Crippen LogP contribution >= 0.6 is 0 Å². The second-order valence-electron chi connectivity index (χ2n) is 6.98. The molecule has 1 aromatic carbocycles. The molecule has 0 spiro atoms. The van der Waals surface area contributed by atoms with Gasteiger partial charge in [-0.1, -0.05) is 30.3 Å². The van der Waals surface area contributed by atoms with Crippen molar-refractivity contribution in [2.24, 2.45) is 0 Å². The van der Waals surface area contributed by atoms with E-state index in [1.54, 1.807) is 0 Å². The zero-order valence-electron chi connectivity index (χ0n) is 14.5. The van der Waals surface area contributed by atoms with E-state index in [0.29, 0.717) is 19.1 Å². The number of amides is 1. The van der Waals surface area contributed by atoms with E-state index in [9.17, 15) is 4.79 Å². The zero-order chi connectivity index (χ0) is 16.8. The van der Waals surface area contributed by atoms with E-state index in [2.05, 4.69) is 46.7 Å². The van der Waals surface area contributed by atoms with Gasteiger partial charge in [-0.25, -0.2) is 0 Å². The molecule has 3 rings (SSSR count). The summed E-state index contributed by atoms with van der Waals surface area (Å²) in [5.41, 5.74) is 1.31. The first-order chi connectivity index (χ1) is 11.7. The van der Waals surface area contributed by atoms with E-state index in [4.69, 9.17) is 4.74 Å². The van der Waals surface area contributed by atoms with Gasteiger partial charge in [0, 0.05) is 31.7 Å². The molecule has 2 saturated heterocycles. The molecule has 0 aliphatic carbocycles. The van der Waals surface area contributed by atoms with Gasteiger partial charge in [-0.2, -0.15) is 0 Å². The van der Waals surface area contributed by atoms with Crippen molar-refractivity contribution in [1.82, 2.24) is 15.5 Å². The van der Waals surface area contributed by atoms with Crippen LogP contribution in [0, 0.1) is 0 Å². The van der Waals surface area contributed by atoms with Crippen LogP contribution < -0.4 is 10.6 Å². The lowest BCUT2D eigenvalue weighted by molar-refractivity contribution is -0.127. The molecule has 3 unspecified atom stereocenters. The molecule has 2 aliphatic heterocycles. The summed E-state index contributed by atoms with van der Waals surface area (Å²) >= 11 is 0. The van der Waals surface area contributed by atoms with Crippen molar-refractivity contribution < 1.29 is 9.53 Å². The van der Waals surface area contributed by atoms with Crippen LogP contribution in [0.25, 0.3) is 0 Å². The quantitative estimate of drug-likeness (QED) is 0.859. The molecule has 0 aromatic heterocycles. The van der Waals surface area contributed by atoms with E-state index in [1.165, 1.54) is 5.56 Å². The van der Waals surface area contributed by atoms with Crippen LogP contribution in [-0.4, -0.2) is 55.2 Å². The van der Waals surface area contributed by atoms with Crippen LogP contribution in [0.4, 0.5) is 0 Å². The smallest absolute Gasteiger partial charge is 0.222 e. The molecule has 2 fully saturated rings. The molecule has 5 heteroatoms. The Balaban J connectivity index is 1.45. The highest BCUT2D eigenvalue weighted by Gasteiger charge is 2.26. The first-order valence-electron chi connectivity index (χ1n) is 9.11. The number of nitrogens with one attached hydrogen (secondary N) is 2. The van der Waals surface area contributed by atoms with Crippen LogP contribution in [0.1, 0.15) is 31.7 Å². The molecular weight excluding hydrogens is 302 g/mol. The van der Waals surface area contributed by atoms with Crippen LogP contribution in [-0.2, 0) is 16.1 Å². The van der Waals surface area contributed by atoms with Gasteiger partial charge >= 0.3 is 0 Å². The van der Waals surface area contributed by atoms with Gasteiger partial charge in [0.05, 0.1) is 19.1 Å². The van der Waals surface area contributed by atoms with Crippen molar-refractivity contribution in [3.63, 3.8) is 0 Å². The third-order valence-electron chi connectivity index (χ3n) is 4.99. The summed E-state index contributed by atoms with van der Waals surface area (Å²) in [7, 11) is 0. The van der Waals surface area contributed by atoms with Gasteiger partial charge in [-0.15, -0.1) is 0 Å². The number of carbonyl (C=O) groups excluding carboxylic acids is 1. The molecule has 2 aliphatic rings. The normalized spacial score (nSPS) is 28.5. The van der Waals surface area contributed by atoms with Crippen molar-refractivity contribution in [3.8, 4) is 0 Å². The second kappa shape index (κ2) is 8.60. The lowest BCUT2D eigenvalue weighted by Gasteiger charge is -2.34. The van der Waals surface area contributed by atoms with E-state index in [0.717, 1.165) is 39.0 Å². The molecule has 5 nitrogen and oxygen atoms in total. The van der Waals surface area contributed by atoms with Crippen molar-refractivity contribution in [2.75, 3.05) is 26.2 Å². The number of morpholine rings is 1. The van der Waals surface area contributed by atoms with Gasteiger partial charge in [0.1, 0.15) is 0 Å². The fourth-order valence-corrected chi connectivity index (χ4v) is 3.60. The minimum absolute atomic E-state index is 0.00526. The minimum atomic E-state index is -0.00526. The Morgan fingerprint density at radius 1 is 1.38 bits per heavy atom. The fraction of sp³-hybridized carbons (Fsp3) is 0.632. The molecular formula is C19H29N3O2. The van der Waals surface area contributed by atoms with Crippen LogP contribution in [0.3, 0.4) is 0 Å². The maximum absolute atomic E-state index is 12.4. The number of rotatable bonds is 5. The molecule has 1 amide bonds. The second-order valence-corrected chi connectivity index (χ2v) is 6.98. The van der Waals surface area contributed by atoms with Gasteiger partial charge in [0.2, 0.25) is 5.91 Å². The number of nitrogens with zero attached hydrogens (tertiary/aromatic N) is 1. The van der Waals surface area contributed by atoms with Crippen molar-refractivity contribution in [2.45, 2.75) is 50.9 Å². The van der Waals surface area contributed by atoms with E-state index < -0.39 is 0 Å². The van der Waals surface area contributed by atoms with Crippen LogP contribution in [0.15, 0.2) is 30.3 Å². The van der Waals surface area contributed by atoms with E-state index >= 15 is 0 Å². The number of hydrogen-bond donors (Lipinski definition) is 2. The molecule has 2 heterocycles. The number of hydrogen-bond acceptors (Lipinski definition) is 4. The average molecular weight is 331 g/mol. The molecule has 132 valence electrons. The predicted octanol–water partition coefficient (Wildman–Crippen LogP) is 1.53. The van der Waals surface area contributed by atoms with Gasteiger partial charge in [-0.3, -0.25) is 9.69 Å². The van der Waals surface area contributed by atoms with Crippen LogP contribution in [0.2, 0.25) is 0 Å². The lowest BCUT2D eigenvalue weighted by Crippen LogP contribution is -2.53. The Kier molecular flexibility index (Phi) is 6.24. The van der Waals surface area contributed by atoms with E-state index in [1.807, 2.05) is 6.07 Å². The maximum Gasteiger partial charge on any atom is 0.222 e. The minimum Gasteiger partial charge on any atom is -0.375 e. The molecule has 2 N–H and O–H groups in total. The molecule has 0 radical (unpaired) electrons. The number of piperidine rings is 1. The van der Waals surface area contributed by atoms with Gasteiger partial charge in [0.15, 0.2) is 0 Å². The molecule has 0 saturated carbocycles. The van der Waals surface area contributed by atoms with Crippen molar-refractivity contribution in [1.29, 1.82) is 0 Å². The highest BCUT2D eigenvalue weighted by atomic mass is 16.5. The Hall–Kier alpha value is -1.43. The van der Waals surface area contributed by atoms with Gasteiger partial charge in [0.25, 0.3) is 0 Å². The Morgan fingerprint density at radius 3 is 3.00 bits per heavy atom. The topological polar surface area (TPSA) is 53.6 Å². The maximum atomic E-state index is 12.4. The number of ether oxygens (including phenoxy) is 1. The summed E-state index contributed by atoms with van der Waals surface area (Å²) in [5, 5.41) is 6.60. The van der Waals surface area contributed by atoms with E-state index in [-0.39, 0.29) is 18.1 Å². The summed E-state index contributed by atoms with van der Waals surface area (Å²) in [6, 6.07) is 11.1. The largest absolute Gasteiger partial charge is 0.375 e. The predicted molar refractivity (Wildman–Crippen MR) is 94.7 cm³/mol. The fourth-order valence-electron chi connectivity index (χ4n) is 3.60. The van der Waals surface area contributed by atoms with Gasteiger partial charge in [-0.05, 0) is 31.9 Å². The Morgan fingerprint density at radius 2 is 2.21 bits per heavy atom. The first kappa shape index (κ1) is 17.4. The molecule has 24 heavy (non-hydrogen) atoms. The SMILES string of the molecule is CC1NCCCC1NC(=O)CC1CN(Cc2ccccc2)CCO1. The summed E-state index contributed by atoms with van der Waals surface area (Å²) in [5.74, 6) is 0.113. The Labute approximate surface area is 144 Å². The van der Waals surface area contributed by atoms with Crippen molar-refractivity contribution >= 4 is 5.91 Å². The summed E-state index contributed by atoms with van der Waals surface area (Å²) < 4.78 is 5.81. The highest BCUT2D eigenvalue weighted by molar-refractivity contribution is 5.76.